The van der Waals surface area contributed by atoms with Gasteiger partial charge in [-0.2, -0.15) is 5.10 Å². The fourth-order valence-corrected chi connectivity index (χ4v) is 2.65. The fraction of sp³-hybridized carbons (Fsp3) is 0.417. The zero-order valence-electron chi connectivity index (χ0n) is 9.95. The highest BCUT2D eigenvalue weighted by Crippen LogP contribution is 2.27. The van der Waals surface area contributed by atoms with Crippen LogP contribution in [0.3, 0.4) is 0 Å². The van der Waals surface area contributed by atoms with Crippen molar-refractivity contribution in [3.8, 4) is 11.1 Å². The average molecular weight is 235 g/mol. The number of rotatable bonds is 4. The van der Waals surface area contributed by atoms with Crippen LogP contribution in [0.25, 0.3) is 11.1 Å². The normalized spacial score (nSPS) is 10.9. The lowest BCUT2D eigenvalue weighted by Crippen LogP contribution is -2.02. The van der Waals surface area contributed by atoms with Gasteiger partial charge in [-0.25, -0.2) is 0 Å². The summed E-state index contributed by atoms with van der Waals surface area (Å²) in [4.78, 5) is 1.36. The van der Waals surface area contributed by atoms with E-state index in [0.29, 0.717) is 0 Å². The monoisotopic (exact) mass is 235 g/mol. The summed E-state index contributed by atoms with van der Waals surface area (Å²) in [5.41, 5.74) is 3.64. The van der Waals surface area contributed by atoms with Gasteiger partial charge in [0.15, 0.2) is 0 Å². The summed E-state index contributed by atoms with van der Waals surface area (Å²) >= 11 is 1.79. The van der Waals surface area contributed by atoms with Crippen LogP contribution in [0.1, 0.15) is 17.5 Å². The standard InChI is InChI=1S/C12H17N3S/c1-4-15-7-12(9(2)14-15)10-5-11(6-13-3)16-8-10/h5,7-8,13H,4,6H2,1-3H3. The number of hydrogen-bond donors (Lipinski definition) is 1. The molecular formula is C12H17N3S. The van der Waals surface area contributed by atoms with E-state index in [1.54, 1.807) is 11.3 Å². The summed E-state index contributed by atoms with van der Waals surface area (Å²) in [6.45, 7) is 6.03. The first-order chi connectivity index (χ1) is 7.74. The summed E-state index contributed by atoms with van der Waals surface area (Å²) in [6.07, 6.45) is 2.13. The van der Waals surface area contributed by atoms with Gasteiger partial charge in [-0.1, -0.05) is 0 Å². The molecule has 0 saturated carbocycles. The minimum Gasteiger partial charge on any atom is -0.315 e. The van der Waals surface area contributed by atoms with E-state index in [4.69, 9.17) is 0 Å². The third-order valence-corrected chi connectivity index (χ3v) is 3.52. The minimum absolute atomic E-state index is 0.925. The predicted molar refractivity (Wildman–Crippen MR) is 68.7 cm³/mol. The first-order valence-corrected chi connectivity index (χ1v) is 6.39. The molecule has 0 aliphatic rings. The van der Waals surface area contributed by atoms with E-state index in [0.717, 1.165) is 18.8 Å². The van der Waals surface area contributed by atoms with Crippen molar-refractivity contribution in [2.24, 2.45) is 0 Å². The molecule has 0 fully saturated rings. The lowest BCUT2D eigenvalue weighted by molar-refractivity contribution is 0.653. The highest BCUT2D eigenvalue weighted by molar-refractivity contribution is 7.10. The van der Waals surface area contributed by atoms with Crippen molar-refractivity contribution in [3.05, 3.63) is 28.2 Å². The molecule has 0 aliphatic carbocycles. The van der Waals surface area contributed by atoms with Gasteiger partial charge < -0.3 is 5.32 Å². The van der Waals surface area contributed by atoms with Gasteiger partial charge in [0.25, 0.3) is 0 Å². The Labute approximate surface area is 100 Å². The first-order valence-electron chi connectivity index (χ1n) is 5.51. The van der Waals surface area contributed by atoms with Crippen molar-refractivity contribution in [3.63, 3.8) is 0 Å². The van der Waals surface area contributed by atoms with Crippen molar-refractivity contribution in [2.75, 3.05) is 7.05 Å². The number of nitrogens with zero attached hydrogens (tertiary/aromatic N) is 2. The summed E-state index contributed by atoms with van der Waals surface area (Å²) in [5, 5.41) is 9.84. The lowest BCUT2D eigenvalue weighted by Gasteiger charge is -1.93. The molecule has 0 spiro atoms. The van der Waals surface area contributed by atoms with Crippen LogP contribution >= 0.6 is 11.3 Å². The zero-order valence-corrected chi connectivity index (χ0v) is 10.8. The first kappa shape index (κ1) is 11.4. The van der Waals surface area contributed by atoms with E-state index in [1.165, 1.54) is 16.0 Å². The predicted octanol–water partition coefficient (Wildman–Crippen LogP) is 2.66. The maximum Gasteiger partial charge on any atom is 0.0672 e. The summed E-state index contributed by atoms with van der Waals surface area (Å²) in [6, 6.07) is 2.24. The van der Waals surface area contributed by atoms with E-state index in [9.17, 15) is 0 Å². The third-order valence-electron chi connectivity index (χ3n) is 2.59. The number of aryl methyl sites for hydroxylation is 2. The van der Waals surface area contributed by atoms with Crippen molar-refractivity contribution in [2.45, 2.75) is 26.9 Å². The SMILES string of the molecule is CCn1cc(-c2csc(CNC)c2)c(C)n1. The molecule has 1 N–H and O–H groups in total. The molecule has 2 aromatic rings. The lowest BCUT2D eigenvalue weighted by atomic mass is 10.1. The number of aromatic nitrogens is 2. The van der Waals surface area contributed by atoms with Crippen LogP contribution in [-0.4, -0.2) is 16.8 Å². The third kappa shape index (κ3) is 2.18. The topological polar surface area (TPSA) is 29.9 Å². The Morgan fingerprint density at radius 1 is 1.50 bits per heavy atom. The van der Waals surface area contributed by atoms with E-state index in [-0.39, 0.29) is 0 Å². The Hall–Kier alpha value is -1.13. The van der Waals surface area contributed by atoms with Crippen LogP contribution in [0.2, 0.25) is 0 Å². The molecule has 4 heteroatoms. The smallest absolute Gasteiger partial charge is 0.0672 e. The molecule has 16 heavy (non-hydrogen) atoms. The Bertz CT molecular complexity index is 470. The van der Waals surface area contributed by atoms with E-state index in [2.05, 4.69) is 41.9 Å². The minimum atomic E-state index is 0.925. The van der Waals surface area contributed by atoms with E-state index in [1.807, 2.05) is 11.7 Å². The number of thiophene rings is 1. The van der Waals surface area contributed by atoms with Crippen molar-refractivity contribution < 1.29 is 0 Å². The van der Waals surface area contributed by atoms with Crippen molar-refractivity contribution >= 4 is 11.3 Å². The second-order valence-corrected chi connectivity index (χ2v) is 4.81. The maximum absolute atomic E-state index is 4.47. The van der Waals surface area contributed by atoms with Crippen molar-refractivity contribution in [1.82, 2.24) is 15.1 Å². The average Bonchev–Trinajstić information content (AvgIpc) is 2.85. The van der Waals surface area contributed by atoms with Gasteiger partial charge in [-0.15, -0.1) is 11.3 Å². The quantitative estimate of drug-likeness (QED) is 0.883. The van der Waals surface area contributed by atoms with Crippen LogP contribution < -0.4 is 5.32 Å². The molecule has 0 aromatic carbocycles. The molecule has 0 saturated heterocycles. The Balaban J connectivity index is 2.30. The largest absolute Gasteiger partial charge is 0.315 e. The highest BCUT2D eigenvalue weighted by atomic mass is 32.1. The molecule has 0 aliphatic heterocycles. The van der Waals surface area contributed by atoms with E-state index >= 15 is 0 Å². The Morgan fingerprint density at radius 2 is 2.31 bits per heavy atom. The van der Waals surface area contributed by atoms with Crippen molar-refractivity contribution in [1.29, 1.82) is 0 Å². The number of nitrogens with one attached hydrogen (secondary N) is 1. The summed E-state index contributed by atoms with van der Waals surface area (Å²) < 4.78 is 1.99. The molecule has 2 aromatic heterocycles. The van der Waals surface area contributed by atoms with Gasteiger partial charge in [0.2, 0.25) is 0 Å². The zero-order chi connectivity index (χ0) is 11.5. The van der Waals surface area contributed by atoms with Gasteiger partial charge >= 0.3 is 0 Å². The molecule has 0 atom stereocenters. The molecule has 86 valence electrons. The van der Waals surface area contributed by atoms with Gasteiger partial charge in [0.05, 0.1) is 5.69 Å². The van der Waals surface area contributed by atoms with Crippen LogP contribution in [0.5, 0.6) is 0 Å². The molecular weight excluding hydrogens is 218 g/mol. The molecule has 3 nitrogen and oxygen atoms in total. The van der Waals surface area contributed by atoms with Gasteiger partial charge in [-0.05, 0) is 37.9 Å². The van der Waals surface area contributed by atoms with Gasteiger partial charge in [0.1, 0.15) is 0 Å². The number of hydrogen-bond acceptors (Lipinski definition) is 3. The molecule has 0 amide bonds. The second-order valence-electron chi connectivity index (χ2n) is 3.82. The fourth-order valence-electron chi connectivity index (χ4n) is 1.75. The maximum atomic E-state index is 4.47. The van der Waals surface area contributed by atoms with Crippen LogP contribution in [0.4, 0.5) is 0 Å². The van der Waals surface area contributed by atoms with E-state index < -0.39 is 0 Å². The molecule has 0 unspecified atom stereocenters. The molecule has 0 radical (unpaired) electrons. The second kappa shape index (κ2) is 4.80. The van der Waals surface area contributed by atoms with Crippen LogP contribution in [-0.2, 0) is 13.1 Å². The van der Waals surface area contributed by atoms with Crippen LogP contribution in [0.15, 0.2) is 17.6 Å². The molecule has 2 rings (SSSR count). The Kier molecular flexibility index (Phi) is 3.41. The van der Waals surface area contributed by atoms with Crippen LogP contribution in [0, 0.1) is 6.92 Å². The molecule has 0 bridgehead atoms. The Morgan fingerprint density at radius 3 is 2.94 bits per heavy atom. The summed E-state index contributed by atoms with van der Waals surface area (Å²) in [5.74, 6) is 0. The highest BCUT2D eigenvalue weighted by Gasteiger charge is 2.08. The van der Waals surface area contributed by atoms with Gasteiger partial charge in [-0.3, -0.25) is 4.68 Å². The van der Waals surface area contributed by atoms with Gasteiger partial charge in [0, 0.05) is 29.7 Å². The summed E-state index contributed by atoms with van der Waals surface area (Å²) in [7, 11) is 1.97. The molecule has 2 heterocycles.